The average molecular weight is 268 g/mol. The molecule has 1 aliphatic carbocycles. The van der Waals surface area contributed by atoms with Crippen molar-refractivity contribution in [3.63, 3.8) is 0 Å². The summed E-state index contributed by atoms with van der Waals surface area (Å²) in [7, 11) is 0. The largest absolute Gasteiger partial charge is 0.382 e. The van der Waals surface area contributed by atoms with Gasteiger partial charge in [-0.05, 0) is 25.0 Å². The molecule has 1 atom stereocenters. The molecule has 1 fully saturated rings. The maximum Gasteiger partial charge on any atom is 0.194 e. The van der Waals surface area contributed by atoms with E-state index in [4.69, 9.17) is 0 Å². The Morgan fingerprint density at radius 1 is 1.21 bits per heavy atom. The molecule has 6 heteroatoms. The molecular formula is C13H11F3N2O. The lowest BCUT2D eigenvalue weighted by Crippen LogP contribution is -2.10. The summed E-state index contributed by atoms with van der Waals surface area (Å²) in [4.78, 5) is 3.91. The minimum Gasteiger partial charge on any atom is -0.382 e. The Balaban J connectivity index is 2.02. The molecule has 0 amide bonds. The number of rotatable bonds is 3. The standard InChI is InChI=1S/C13H11F3N2O/c14-9-4-3-8(11(15)12(9)16)13(19)10-5-17-6-18(10)7-1-2-7/h3-7,13,19H,1-2H2. The maximum absolute atomic E-state index is 13.6. The summed E-state index contributed by atoms with van der Waals surface area (Å²) in [5, 5.41) is 10.1. The number of benzene rings is 1. The smallest absolute Gasteiger partial charge is 0.194 e. The number of aliphatic hydroxyl groups is 1. The molecule has 100 valence electrons. The first-order valence-electron chi connectivity index (χ1n) is 5.92. The van der Waals surface area contributed by atoms with Crippen LogP contribution in [0.15, 0.2) is 24.7 Å². The van der Waals surface area contributed by atoms with Gasteiger partial charge in [-0.15, -0.1) is 0 Å². The highest BCUT2D eigenvalue weighted by molar-refractivity contribution is 5.28. The van der Waals surface area contributed by atoms with Gasteiger partial charge in [0.1, 0.15) is 6.10 Å². The molecule has 2 aromatic rings. The van der Waals surface area contributed by atoms with Crippen molar-refractivity contribution in [1.82, 2.24) is 9.55 Å². The molecule has 1 aromatic heterocycles. The third-order valence-corrected chi connectivity index (χ3v) is 3.28. The number of halogens is 3. The van der Waals surface area contributed by atoms with Crippen LogP contribution in [0, 0.1) is 17.5 Å². The van der Waals surface area contributed by atoms with Crippen LogP contribution < -0.4 is 0 Å². The summed E-state index contributed by atoms with van der Waals surface area (Å²) < 4.78 is 41.4. The van der Waals surface area contributed by atoms with Crippen LogP contribution in [0.3, 0.4) is 0 Å². The van der Waals surface area contributed by atoms with Gasteiger partial charge in [-0.3, -0.25) is 0 Å². The molecule has 0 radical (unpaired) electrons. The van der Waals surface area contributed by atoms with E-state index in [-0.39, 0.29) is 11.6 Å². The molecular weight excluding hydrogens is 257 g/mol. The average Bonchev–Trinajstić information content (AvgIpc) is 3.13. The third-order valence-electron chi connectivity index (χ3n) is 3.28. The summed E-state index contributed by atoms with van der Waals surface area (Å²) >= 11 is 0. The van der Waals surface area contributed by atoms with Crippen LogP contribution in [0.25, 0.3) is 0 Å². The van der Waals surface area contributed by atoms with Gasteiger partial charge in [0.25, 0.3) is 0 Å². The van der Waals surface area contributed by atoms with Crippen LogP contribution in [0.1, 0.15) is 36.2 Å². The molecule has 1 heterocycles. The van der Waals surface area contributed by atoms with Crippen molar-refractivity contribution in [2.24, 2.45) is 0 Å². The predicted molar refractivity (Wildman–Crippen MR) is 60.9 cm³/mol. The Morgan fingerprint density at radius 2 is 1.95 bits per heavy atom. The fourth-order valence-corrected chi connectivity index (χ4v) is 2.10. The molecule has 1 N–H and O–H groups in total. The molecule has 0 spiro atoms. The van der Waals surface area contributed by atoms with Gasteiger partial charge in [0.2, 0.25) is 0 Å². The lowest BCUT2D eigenvalue weighted by atomic mass is 10.1. The van der Waals surface area contributed by atoms with Gasteiger partial charge in [-0.25, -0.2) is 18.2 Å². The first kappa shape index (κ1) is 12.2. The van der Waals surface area contributed by atoms with Crippen molar-refractivity contribution in [3.05, 3.63) is 53.4 Å². The van der Waals surface area contributed by atoms with E-state index >= 15 is 0 Å². The molecule has 1 aromatic carbocycles. The fourth-order valence-electron chi connectivity index (χ4n) is 2.10. The second-order valence-corrected chi connectivity index (χ2v) is 4.62. The molecule has 0 saturated heterocycles. The van der Waals surface area contributed by atoms with Crippen LogP contribution in [0.2, 0.25) is 0 Å². The van der Waals surface area contributed by atoms with Gasteiger partial charge < -0.3 is 9.67 Å². The summed E-state index contributed by atoms with van der Waals surface area (Å²) in [5.74, 6) is -4.21. The lowest BCUT2D eigenvalue weighted by Gasteiger charge is -2.14. The maximum atomic E-state index is 13.6. The molecule has 1 unspecified atom stereocenters. The zero-order chi connectivity index (χ0) is 13.6. The first-order valence-corrected chi connectivity index (χ1v) is 5.92. The van der Waals surface area contributed by atoms with E-state index in [0.717, 1.165) is 25.0 Å². The summed E-state index contributed by atoms with van der Waals surface area (Å²) in [6, 6.07) is 2.10. The van der Waals surface area contributed by atoms with Gasteiger partial charge >= 0.3 is 0 Å². The molecule has 1 saturated carbocycles. The third kappa shape index (κ3) is 2.02. The minimum absolute atomic E-state index is 0.250. The first-order chi connectivity index (χ1) is 9.09. The van der Waals surface area contributed by atoms with Crippen molar-refractivity contribution in [1.29, 1.82) is 0 Å². The van der Waals surface area contributed by atoms with E-state index < -0.39 is 23.6 Å². The van der Waals surface area contributed by atoms with Gasteiger partial charge in [-0.1, -0.05) is 0 Å². The topological polar surface area (TPSA) is 38.1 Å². The number of aromatic nitrogens is 2. The molecule has 3 nitrogen and oxygen atoms in total. The van der Waals surface area contributed by atoms with Crippen molar-refractivity contribution >= 4 is 0 Å². The number of hydrogen-bond acceptors (Lipinski definition) is 2. The van der Waals surface area contributed by atoms with Crippen LogP contribution >= 0.6 is 0 Å². The SMILES string of the molecule is OC(c1ccc(F)c(F)c1F)c1cncn1C1CC1. The number of hydrogen-bond donors (Lipinski definition) is 1. The van der Waals surface area contributed by atoms with Gasteiger partial charge in [-0.2, -0.15) is 0 Å². The van der Waals surface area contributed by atoms with Crippen molar-refractivity contribution in [2.45, 2.75) is 25.0 Å². The molecule has 19 heavy (non-hydrogen) atoms. The summed E-state index contributed by atoms with van der Waals surface area (Å²) in [5.41, 5.74) is 0.0914. The highest BCUT2D eigenvalue weighted by Gasteiger charge is 2.29. The predicted octanol–water partition coefficient (Wildman–Crippen LogP) is 2.72. The quantitative estimate of drug-likeness (QED) is 0.869. The highest BCUT2D eigenvalue weighted by atomic mass is 19.2. The van der Waals surface area contributed by atoms with Crippen LogP contribution in [-0.2, 0) is 0 Å². The number of nitrogens with zero attached hydrogens (tertiary/aromatic N) is 2. The monoisotopic (exact) mass is 268 g/mol. The van der Waals surface area contributed by atoms with Crippen LogP contribution in [-0.4, -0.2) is 14.7 Å². The minimum atomic E-state index is -1.57. The molecule has 0 bridgehead atoms. The van der Waals surface area contributed by atoms with Crippen LogP contribution in [0.4, 0.5) is 13.2 Å². The van der Waals surface area contributed by atoms with E-state index in [9.17, 15) is 18.3 Å². The Hall–Kier alpha value is -1.82. The molecule has 0 aliphatic heterocycles. The Labute approximate surface area is 107 Å². The van der Waals surface area contributed by atoms with Gasteiger partial charge in [0.05, 0.1) is 18.2 Å². The molecule has 1 aliphatic rings. The van der Waals surface area contributed by atoms with E-state index in [1.54, 1.807) is 10.9 Å². The number of imidazole rings is 1. The van der Waals surface area contributed by atoms with Crippen molar-refractivity contribution < 1.29 is 18.3 Å². The zero-order valence-corrected chi connectivity index (χ0v) is 9.85. The lowest BCUT2D eigenvalue weighted by molar-refractivity contribution is 0.202. The highest BCUT2D eigenvalue weighted by Crippen LogP contribution is 2.38. The number of aliphatic hydroxyl groups excluding tert-OH is 1. The van der Waals surface area contributed by atoms with E-state index in [0.29, 0.717) is 5.69 Å². The second kappa shape index (κ2) is 4.38. The second-order valence-electron chi connectivity index (χ2n) is 4.62. The van der Waals surface area contributed by atoms with E-state index in [1.165, 1.54) is 6.20 Å². The van der Waals surface area contributed by atoms with Crippen molar-refractivity contribution in [3.8, 4) is 0 Å². The summed E-state index contributed by atoms with van der Waals surface area (Å²) in [6.07, 6.45) is 3.53. The Morgan fingerprint density at radius 3 is 2.63 bits per heavy atom. The van der Waals surface area contributed by atoms with Gasteiger partial charge in [0.15, 0.2) is 17.5 Å². The van der Waals surface area contributed by atoms with Gasteiger partial charge in [0, 0.05) is 11.6 Å². The summed E-state index contributed by atoms with van der Waals surface area (Å²) in [6.45, 7) is 0. The Kier molecular flexibility index (Phi) is 2.82. The van der Waals surface area contributed by atoms with E-state index in [2.05, 4.69) is 4.98 Å². The van der Waals surface area contributed by atoms with Crippen LogP contribution in [0.5, 0.6) is 0 Å². The van der Waals surface area contributed by atoms with Crippen molar-refractivity contribution in [2.75, 3.05) is 0 Å². The fraction of sp³-hybridized carbons (Fsp3) is 0.308. The zero-order valence-electron chi connectivity index (χ0n) is 9.85. The normalized spacial score (nSPS) is 16.6. The van der Waals surface area contributed by atoms with E-state index in [1.807, 2.05) is 0 Å². The Bertz CT molecular complexity index is 622. The molecule has 3 rings (SSSR count).